The average Bonchev–Trinajstić information content (AvgIpc) is 2.90. The first kappa shape index (κ1) is 17.9. The van der Waals surface area contributed by atoms with Crippen molar-refractivity contribution < 1.29 is 13.6 Å². The monoisotopic (exact) mass is 404 g/mol. The summed E-state index contributed by atoms with van der Waals surface area (Å²) in [6, 6.07) is 1.81. The Balaban J connectivity index is 2.02. The molecule has 1 N–H and O–H groups in total. The lowest BCUT2D eigenvalue weighted by Crippen LogP contribution is -2.16. The van der Waals surface area contributed by atoms with Crippen molar-refractivity contribution in [2.24, 2.45) is 0 Å². The van der Waals surface area contributed by atoms with Crippen LogP contribution in [0.1, 0.15) is 19.7 Å². The third-order valence-corrected chi connectivity index (χ3v) is 4.62. The zero-order chi connectivity index (χ0) is 17.0. The number of benzene rings is 1. The van der Waals surface area contributed by atoms with Crippen LogP contribution >= 0.6 is 27.7 Å². The Bertz CT molecular complexity index is 700. The van der Waals surface area contributed by atoms with Crippen LogP contribution in [-0.2, 0) is 17.8 Å². The molecule has 2 rings (SSSR count). The second-order valence-electron chi connectivity index (χ2n) is 4.58. The molecule has 1 aromatic heterocycles. The van der Waals surface area contributed by atoms with E-state index < -0.39 is 17.5 Å². The minimum atomic E-state index is -0.833. The highest BCUT2D eigenvalue weighted by Gasteiger charge is 2.15. The summed E-state index contributed by atoms with van der Waals surface area (Å²) in [7, 11) is 0. The number of thioether (sulfide) groups is 1. The Morgan fingerprint density at radius 1 is 1.35 bits per heavy atom. The topological polar surface area (TPSA) is 59.8 Å². The van der Waals surface area contributed by atoms with Crippen LogP contribution in [0.25, 0.3) is 0 Å². The van der Waals surface area contributed by atoms with Gasteiger partial charge >= 0.3 is 0 Å². The summed E-state index contributed by atoms with van der Waals surface area (Å²) in [6.45, 7) is 4.65. The van der Waals surface area contributed by atoms with Gasteiger partial charge in [0.05, 0.1) is 11.4 Å². The molecule has 0 saturated heterocycles. The first-order chi connectivity index (χ1) is 11.0. The number of anilines is 1. The summed E-state index contributed by atoms with van der Waals surface area (Å²) in [6.07, 6.45) is 0.751. The molecule has 0 aliphatic heterocycles. The molecule has 0 fully saturated rings. The van der Waals surface area contributed by atoms with Crippen molar-refractivity contribution in [2.75, 3.05) is 11.1 Å². The summed E-state index contributed by atoms with van der Waals surface area (Å²) in [5.74, 6) is -1.07. The van der Waals surface area contributed by atoms with Crippen LogP contribution in [0.2, 0.25) is 0 Å². The Morgan fingerprint density at radius 3 is 2.70 bits per heavy atom. The van der Waals surface area contributed by atoms with E-state index in [1.165, 1.54) is 11.8 Å². The predicted octanol–water partition coefficient (Wildman–Crippen LogP) is 3.63. The van der Waals surface area contributed by atoms with E-state index in [2.05, 4.69) is 31.4 Å². The second kappa shape index (κ2) is 7.87. The number of hydrogen-bond acceptors (Lipinski definition) is 4. The van der Waals surface area contributed by atoms with Gasteiger partial charge in [0, 0.05) is 23.5 Å². The first-order valence-electron chi connectivity index (χ1n) is 6.95. The molecule has 23 heavy (non-hydrogen) atoms. The maximum absolute atomic E-state index is 13.7. The number of rotatable bonds is 6. The molecule has 0 spiro atoms. The van der Waals surface area contributed by atoms with Gasteiger partial charge < -0.3 is 9.88 Å². The van der Waals surface area contributed by atoms with Gasteiger partial charge in [-0.3, -0.25) is 4.79 Å². The van der Waals surface area contributed by atoms with Gasteiger partial charge in [-0.25, -0.2) is 8.78 Å². The summed E-state index contributed by atoms with van der Waals surface area (Å²) in [4.78, 5) is 12.0. The van der Waals surface area contributed by atoms with Gasteiger partial charge in [-0.2, -0.15) is 0 Å². The Labute approximate surface area is 145 Å². The lowest BCUT2D eigenvalue weighted by Gasteiger charge is -2.09. The number of aromatic nitrogens is 3. The van der Waals surface area contributed by atoms with Crippen molar-refractivity contribution in [3.05, 3.63) is 34.1 Å². The lowest BCUT2D eigenvalue weighted by atomic mass is 10.3. The largest absolute Gasteiger partial charge is 0.322 e. The van der Waals surface area contributed by atoms with E-state index in [-0.39, 0.29) is 15.9 Å². The molecule has 1 amide bonds. The molecular weight excluding hydrogens is 390 g/mol. The van der Waals surface area contributed by atoms with Gasteiger partial charge in [-0.15, -0.1) is 10.2 Å². The van der Waals surface area contributed by atoms with Crippen LogP contribution in [0.4, 0.5) is 14.5 Å². The molecule has 9 heteroatoms. The molecular formula is C14H15BrF2N4OS. The number of hydrogen-bond donors (Lipinski definition) is 1. The normalized spacial score (nSPS) is 10.8. The highest BCUT2D eigenvalue weighted by molar-refractivity contribution is 9.10. The van der Waals surface area contributed by atoms with Crippen molar-refractivity contribution in [1.29, 1.82) is 0 Å². The van der Waals surface area contributed by atoms with Crippen LogP contribution in [0.15, 0.2) is 21.8 Å². The van der Waals surface area contributed by atoms with Crippen molar-refractivity contribution >= 4 is 39.3 Å². The zero-order valence-electron chi connectivity index (χ0n) is 12.6. The summed E-state index contributed by atoms with van der Waals surface area (Å²) >= 11 is 4.25. The molecule has 0 aliphatic rings. The maximum atomic E-state index is 13.7. The third-order valence-electron chi connectivity index (χ3n) is 3.03. The Kier molecular flexibility index (Phi) is 6.11. The van der Waals surface area contributed by atoms with E-state index in [1.807, 2.05) is 18.4 Å². The average molecular weight is 405 g/mol. The molecule has 5 nitrogen and oxygen atoms in total. The Morgan fingerprint density at radius 2 is 2.09 bits per heavy atom. The van der Waals surface area contributed by atoms with Gasteiger partial charge in [0.15, 0.2) is 11.0 Å². The molecule has 0 saturated carbocycles. The number of amides is 1. The van der Waals surface area contributed by atoms with E-state index in [1.54, 1.807) is 0 Å². The van der Waals surface area contributed by atoms with Crippen LogP contribution in [-0.4, -0.2) is 26.4 Å². The zero-order valence-corrected chi connectivity index (χ0v) is 15.0. The number of carbonyl (C=O) groups excluding carboxylic acids is 1. The van der Waals surface area contributed by atoms with E-state index in [0.29, 0.717) is 11.7 Å². The molecule has 0 unspecified atom stereocenters. The molecule has 0 atom stereocenters. The van der Waals surface area contributed by atoms with Crippen molar-refractivity contribution in [3.8, 4) is 0 Å². The fourth-order valence-electron chi connectivity index (χ4n) is 1.97. The fourth-order valence-corrected chi connectivity index (χ4v) is 3.30. The minimum Gasteiger partial charge on any atom is -0.322 e. The van der Waals surface area contributed by atoms with Gasteiger partial charge in [0.1, 0.15) is 11.6 Å². The van der Waals surface area contributed by atoms with Gasteiger partial charge in [-0.1, -0.05) is 18.7 Å². The first-order valence-corrected chi connectivity index (χ1v) is 8.73. The maximum Gasteiger partial charge on any atom is 0.234 e. The van der Waals surface area contributed by atoms with Crippen molar-refractivity contribution in [3.63, 3.8) is 0 Å². The highest BCUT2D eigenvalue weighted by Crippen LogP contribution is 2.27. The van der Waals surface area contributed by atoms with Crippen LogP contribution < -0.4 is 5.32 Å². The molecule has 1 aromatic carbocycles. The molecule has 0 aliphatic carbocycles. The quantitative estimate of drug-likeness (QED) is 0.746. The lowest BCUT2D eigenvalue weighted by molar-refractivity contribution is -0.113. The molecule has 0 radical (unpaired) electrons. The van der Waals surface area contributed by atoms with Crippen molar-refractivity contribution in [1.82, 2.24) is 14.8 Å². The SMILES string of the molecule is CCc1nnc(SCC(=O)Nc2c(F)cc(F)cc2Br)n1CC. The second-order valence-corrected chi connectivity index (χ2v) is 6.37. The van der Waals surface area contributed by atoms with Gasteiger partial charge in [0.25, 0.3) is 0 Å². The predicted molar refractivity (Wildman–Crippen MR) is 88.5 cm³/mol. The number of halogens is 3. The number of nitrogens with one attached hydrogen (secondary N) is 1. The highest BCUT2D eigenvalue weighted by atomic mass is 79.9. The summed E-state index contributed by atoms with van der Waals surface area (Å²) < 4.78 is 28.8. The van der Waals surface area contributed by atoms with E-state index in [4.69, 9.17) is 0 Å². The summed E-state index contributed by atoms with van der Waals surface area (Å²) in [5, 5.41) is 11.2. The number of nitrogens with zero attached hydrogens (tertiary/aromatic N) is 3. The fraction of sp³-hybridized carbons (Fsp3) is 0.357. The third kappa shape index (κ3) is 4.29. The number of aryl methyl sites for hydroxylation is 1. The molecule has 2 aromatic rings. The van der Waals surface area contributed by atoms with E-state index in [9.17, 15) is 13.6 Å². The van der Waals surface area contributed by atoms with Crippen LogP contribution in [0, 0.1) is 11.6 Å². The van der Waals surface area contributed by atoms with Crippen LogP contribution in [0.5, 0.6) is 0 Å². The van der Waals surface area contributed by atoms with E-state index in [0.717, 1.165) is 24.4 Å². The number of carbonyl (C=O) groups is 1. The van der Waals surface area contributed by atoms with Gasteiger partial charge in [0.2, 0.25) is 5.91 Å². The smallest absolute Gasteiger partial charge is 0.234 e. The molecule has 1 heterocycles. The van der Waals surface area contributed by atoms with Crippen molar-refractivity contribution in [2.45, 2.75) is 32.0 Å². The standard InChI is InChI=1S/C14H15BrF2N4OS/c1-3-11-19-20-14(21(11)4-2)23-7-12(22)18-13-9(15)5-8(16)6-10(13)17/h5-6H,3-4,7H2,1-2H3,(H,18,22). The van der Waals surface area contributed by atoms with Gasteiger partial charge in [-0.05, 0) is 28.9 Å². The van der Waals surface area contributed by atoms with E-state index >= 15 is 0 Å². The van der Waals surface area contributed by atoms with Crippen LogP contribution in [0.3, 0.4) is 0 Å². The summed E-state index contributed by atoms with van der Waals surface area (Å²) in [5.41, 5.74) is -0.0804. The molecule has 124 valence electrons. The Hall–Kier alpha value is -1.48. The minimum absolute atomic E-state index is 0.0467. The molecule has 0 bridgehead atoms.